The molecule has 0 saturated carbocycles. The summed E-state index contributed by atoms with van der Waals surface area (Å²) in [7, 11) is 0. The van der Waals surface area contributed by atoms with Gasteiger partial charge in [-0.2, -0.15) is 4.98 Å². The maximum absolute atomic E-state index is 6.09. The van der Waals surface area contributed by atoms with Crippen LogP contribution >= 0.6 is 11.6 Å². The maximum atomic E-state index is 6.09. The minimum Gasteiger partial charge on any atom is -0.356 e. The molecule has 1 fully saturated rings. The fourth-order valence-corrected chi connectivity index (χ4v) is 2.86. The lowest BCUT2D eigenvalue weighted by Crippen LogP contribution is -2.30. The van der Waals surface area contributed by atoms with Crippen molar-refractivity contribution in [3.63, 3.8) is 0 Å². The first-order valence-electron chi connectivity index (χ1n) is 6.84. The SMILES string of the molecule is Cc1cc2nc(Cl)nc(N3CCCCC3)c2cc1C. The second-order valence-corrected chi connectivity index (χ2v) is 5.66. The highest BCUT2D eigenvalue weighted by Crippen LogP contribution is 2.29. The minimum atomic E-state index is 0.344. The number of aromatic nitrogens is 2. The fourth-order valence-electron chi connectivity index (χ4n) is 2.69. The van der Waals surface area contributed by atoms with E-state index >= 15 is 0 Å². The van der Waals surface area contributed by atoms with Crippen LogP contribution in [0.25, 0.3) is 10.9 Å². The van der Waals surface area contributed by atoms with Crippen molar-refractivity contribution in [2.45, 2.75) is 33.1 Å². The van der Waals surface area contributed by atoms with Crippen LogP contribution < -0.4 is 4.90 Å². The number of anilines is 1. The number of halogens is 1. The molecule has 0 amide bonds. The van der Waals surface area contributed by atoms with E-state index in [-0.39, 0.29) is 0 Å². The van der Waals surface area contributed by atoms with Gasteiger partial charge in [0, 0.05) is 18.5 Å². The monoisotopic (exact) mass is 275 g/mol. The first-order chi connectivity index (χ1) is 9.15. The summed E-state index contributed by atoms with van der Waals surface area (Å²) < 4.78 is 0. The van der Waals surface area contributed by atoms with Crippen LogP contribution in [0.15, 0.2) is 12.1 Å². The van der Waals surface area contributed by atoms with Gasteiger partial charge in [0.25, 0.3) is 0 Å². The Balaban J connectivity index is 2.18. The number of nitrogens with zero attached hydrogens (tertiary/aromatic N) is 3. The first kappa shape index (κ1) is 12.7. The lowest BCUT2D eigenvalue weighted by Gasteiger charge is -2.28. The molecule has 4 heteroatoms. The number of fused-ring (bicyclic) bond motifs is 1. The molecule has 19 heavy (non-hydrogen) atoms. The molecule has 0 N–H and O–H groups in total. The summed E-state index contributed by atoms with van der Waals surface area (Å²) >= 11 is 6.09. The minimum absolute atomic E-state index is 0.344. The molecule has 0 unspecified atom stereocenters. The number of aryl methyl sites for hydroxylation is 2. The van der Waals surface area contributed by atoms with Crippen LogP contribution in [0.3, 0.4) is 0 Å². The molecule has 2 aromatic rings. The Morgan fingerprint density at radius 3 is 2.42 bits per heavy atom. The topological polar surface area (TPSA) is 29.0 Å². The summed E-state index contributed by atoms with van der Waals surface area (Å²) in [5.74, 6) is 0.998. The second-order valence-electron chi connectivity index (χ2n) is 5.32. The molecule has 1 aromatic heterocycles. The van der Waals surface area contributed by atoms with Gasteiger partial charge in [0.2, 0.25) is 5.28 Å². The number of piperidine rings is 1. The molecule has 1 aliphatic rings. The van der Waals surface area contributed by atoms with Crippen LogP contribution in [0.2, 0.25) is 5.28 Å². The van der Waals surface area contributed by atoms with E-state index in [0.29, 0.717) is 5.28 Å². The lowest BCUT2D eigenvalue weighted by molar-refractivity contribution is 0.574. The highest BCUT2D eigenvalue weighted by Gasteiger charge is 2.17. The van der Waals surface area contributed by atoms with Gasteiger partial charge in [-0.1, -0.05) is 0 Å². The van der Waals surface area contributed by atoms with Crippen molar-refractivity contribution in [2.24, 2.45) is 0 Å². The maximum Gasteiger partial charge on any atom is 0.224 e. The van der Waals surface area contributed by atoms with E-state index in [1.54, 1.807) is 0 Å². The van der Waals surface area contributed by atoms with E-state index in [9.17, 15) is 0 Å². The van der Waals surface area contributed by atoms with Gasteiger partial charge < -0.3 is 4.90 Å². The number of rotatable bonds is 1. The number of hydrogen-bond acceptors (Lipinski definition) is 3. The third-order valence-electron chi connectivity index (χ3n) is 3.92. The summed E-state index contributed by atoms with van der Waals surface area (Å²) in [4.78, 5) is 11.2. The predicted octanol–water partition coefficient (Wildman–Crippen LogP) is 3.89. The Hall–Kier alpha value is -1.35. The van der Waals surface area contributed by atoms with Crippen molar-refractivity contribution in [3.05, 3.63) is 28.5 Å². The summed E-state index contributed by atoms with van der Waals surface area (Å²) in [5, 5.41) is 1.46. The fraction of sp³-hybridized carbons (Fsp3) is 0.467. The molecule has 100 valence electrons. The summed E-state index contributed by atoms with van der Waals surface area (Å²) in [5.41, 5.74) is 3.47. The standard InChI is InChI=1S/C15H18ClN3/c1-10-8-12-13(9-11(10)2)17-15(16)18-14(12)19-6-4-3-5-7-19/h8-9H,3-7H2,1-2H3. The van der Waals surface area contributed by atoms with Crippen molar-refractivity contribution in [1.29, 1.82) is 0 Å². The Labute approximate surface area is 118 Å². The Bertz CT molecular complexity index is 618. The smallest absolute Gasteiger partial charge is 0.224 e. The van der Waals surface area contributed by atoms with E-state index in [1.165, 1.54) is 30.4 Å². The molecule has 0 atom stereocenters. The molecule has 2 heterocycles. The van der Waals surface area contributed by atoms with E-state index < -0.39 is 0 Å². The summed E-state index contributed by atoms with van der Waals surface area (Å²) in [6, 6.07) is 4.29. The van der Waals surface area contributed by atoms with E-state index in [4.69, 9.17) is 11.6 Å². The Kier molecular flexibility index (Phi) is 3.31. The molecule has 1 aliphatic heterocycles. The largest absolute Gasteiger partial charge is 0.356 e. The second kappa shape index (κ2) is 4.97. The van der Waals surface area contributed by atoms with Crippen molar-refractivity contribution in [2.75, 3.05) is 18.0 Å². The van der Waals surface area contributed by atoms with Crippen LogP contribution in [0.4, 0.5) is 5.82 Å². The van der Waals surface area contributed by atoms with Gasteiger partial charge in [0.1, 0.15) is 5.82 Å². The summed E-state index contributed by atoms with van der Waals surface area (Å²) in [6.45, 7) is 6.36. The Morgan fingerprint density at radius 1 is 1.00 bits per heavy atom. The zero-order valence-electron chi connectivity index (χ0n) is 11.4. The molecule has 0 radical (unpaired) electrons. The molecule has 0 bridgehead atoms. The average molecular weight is 276 g/mol. The van der Waals surface area contributed by atoms with Crippen molar-refractivity contribution in [1.82, 2.24) is 9.97 Å². The Morgan fingerprint density at radius 2 is 1.68 bits per heavy atom. The average Bonchev–Trinajstić information content (AvgIpc) is 2.41. The van der Waals surface area contributed by atoms with Gasteiger partial charge in [0.15, 0.2) is 0 Å². The van der Waals surface area contributed by atoms with E-state index in [0.717, 1.165) is 29.8 Å². The van der Waals surface area contributed by atoms with Crippen LogP contribution in [-0.4, -0.2) is 23.1 Å². The summed E-state index contributed by atoms with van der Waals surface area (Å²) in [6.07, 6.45) is 3.77. The van der Waals surface area contributed by atoms with Crippen LogP contribution in [0.1, 0.15) is 30.4 Å². The first-order valence-corrected chi connectivity index (χ1v) is 7.22. The lowest BCUT2D eigenvalue weighted by atomic mass is 10.1. The number of hydrogen-bond donors (Lipinski definition) is 0. The zero-order valence-corrected chi connectivity index (χ0v) is 12.2. The molecule has 1 aromatic carbocycles. The predicted molar refractivity (Wildman–Crippen MR) is 80.1 cm³/mol. The molecule has 1 saturated heterocycles. The third kappa shape index (κ3) is 2.39. The van der Waals surface area contributed by atoms with Crippen LogP contribution in [0, 0.1) is 13.8 Å². The molecule has 3 rings (SSSR count). The van der Waals surface area contributed by atoms with Crippen molar-refractivity contribution in [3.8, 4) is 0 Å². The normalized spacial score (nSPS) is 16.1. The van der Waals surface area contributed by atoms with E-state index in [2.05, 4.69) is 40.8 Å². The van der Waals surface area contributed by atoms with Crippen molar-refractivity contribution < 1.29 is 0 Å². The van der Waals surface area contributed by atoms with Crippen molar-refractivity contribution >= 4 is 28.3 Å². The van der Waals surface area contributed by atoms with Gasteiger partial charge >= 0.3 is 0 Å². The van der Waals surface area contributed by atoms with Crippen LogP contribution in [0.5, 0.6) is 0 Å². The van der Waals surface area contributed by atoms with Gasteiger partial charge in [-0.15, -0.1) is 0 Å². The molecule has 3 nitrogen and oxygen atoms in total. The van der Waals surface area contributed by atoms with Gasteiger partial charge in [0.05, 0.1) is 5.52 Å². The van der Waals surface area contributed by atoms with E-state index in [1.807, 2.05) is 0 Å². The molecular formula is C15H18ClN3. The molecule has 0 aliphatic carbocycles. The highest BCUT2D eigenvalue weighted by atomic mass is 35.5. The third-order valence-corrected chi connectivity index (χ3v) is 4.09. The molecule has 0 spiro atoms. The van der Waals surface area contributed by atoms with Gasteiger partial charge in [-0.25, -0.2) is 4.98 Å². The highest BCUT2D eigenvalue weighted by molar-refractivity contribution is 6.28. The van der Waals surface area contributed by atoms with Gasteiger partial charge in [-0.05, 0) is 68.0 Å². The number of benzene rings is 1. The zero-order chi connectivity index (χ0) is 13.4. The van der Waals surface area contributed by atoms with Crippen LogP contribution in [-0.2, 0) is 0 Å². The molecular weight excluding hydrogens is 258 g/mol. The van der Waals surface area contributed by atoms with Gasteiger partial charge in [-0.3, -0.25) is 0 Å². The quantitative estimate of drug-likeness (QED) is 0.740.